The van der Waals surface area contributed by atoms with Crippen molar-refractivity contribution in [3.05, 3.63) is 125 Å². The smallest absolute Gasteiger partial charge is 0.240 e. The summed E-state index contributed by atoms with van der Waals surface area (Å²) in [7, 11) is -3.61. The predicted octanol–water partition coefficient (Wildman–Crippen LogP) is 6.85. The minimum atomic E-state index is -3.61. The van der Waals surface area contributed by atoms with Crippen LogP contribution in [0.25, 0.3) is 10.2 Å². The summed E-state index contributed by atoms with van der Waals surface area (Å²) < 4.78 is 43.3. The summed E-state index contributed by atoms with van der Waals surface area (Å²) in [4.78, 5) is 5.02. The highest BCUT2D eigenvalue weighted by molar-refractivity contribution is 8.01. The molecule has 6 rings (SSSR count). The number of rotatable bonds is 10. The molecule has 10 heteroatoms. The average Bonchev–Trinajstić information content (AvgIpc) is 3.47. The second kappa shape index (κ2) is 13.3. The number of aromatic nitrogens is 1. The van der Waals surface area contributed by atoms with E-state index in [1.165, 1.54) is 0 Å². The summed E-state index contributed by atoms with van der Waals surface area (Å²) in [6.07, 6.45) is -0.935. The predicted molar refractivity (Wildman–Crippen MR) is 170 cm³/mol. The maximum Gasteiger partial charge on any atom is 0.240 e. The van der Waals surface area contributed by atoms with Crippen molar-refractivity contribution < 1.29 is 23.0 Å². The van der Waals surface area contributed by atoms with E-state index in [9.17, 15) is 13.5 Å². The van der Waals surface area contributed by atoms with Crippen LogP contribution in [0, 0.1) is 5.92 Å². The van der Waals surface area contributed by atoms with Gasteiger partial charge < -0.3 is 14.6 Å². The molecule has 1 aliphatic rings. The molecule has 0 spiro atoms. The van der Waals surface area contributed by atoms with Gasteiger partial charge in [0, 0.05) is 23.8 Å². The first-order valence-electron chi connectivity index (χ1n) is 14.0. The van der Waals surface area contributed by atoms with Gasteiger partial charge in [0.15, 0.2) is 10.6 Å². The number of aliphatic hydroxyl groups excluding tert-OH is 1. The molecule has 0 unspecified atom stereocenters. The Morgan fingerprint density at radius 1 is 0.860 bits per heavy atom. The number of thiazole rings is 1. The third-order valence-electron chi connectivity index (χ3n) is 7.54. The van der Waals surface area contributed by atoms with Crippen LogP contribution in [-0.4, -0.2) is 30.4 Å². The number of hydrogen-bond donors (Lipinski definition) is 2. The average molecular weight is 633 g/mol. The van der Waals surface area contributed by atoms with Gasteiger partial charge in [-0.25, -0.2) is 18.1 Å². The summed E-state index contributed by atoms with van der Waals surface area (Å²) in [5.74, 6) is 0.774. The van der Waals surface area contributed by atoms with Gasteiger partial charge in [-0.2, -0.15) is 0 Å². The van der Waals surface area contributed by atoms with E-state index in [0.29, 0.717) is 5.75 Å². The molecule has 0 radical (unpaired) electrons. The van der Waals surface area contributed by atoms with Gasteiger partial charge >= 0.3 is 0 Å². The lowest BCUT2D eigenvalue weighted by Crippen LogP contribution is -2.38. The fourth-order valence-electron chi connectivity index (χ4n) is 5.03. The van der Waals surface area contributed by atoms with Crippen LogP contribution in [0.3, 0.4) is 0 Å². The fraction of sp³-hybridized carbons (Fsp3) is 0.242. The number of hydrogen-bond acceptors (Lipinski definition) is 8. The molecule has 1 fully saturated rings. The highest BCUT2D eigenvalue weighted by Crippen LogP contribution is 2.43. The lowest BCUT2D eigenvalue weighted by Gasteiger charge is -2.41. The molecule has 43 heavy (non-hydrogen) atoms. The van der Waals surface area contributed by atoms with Gasteiger partial charge in [-0.1, -0.05) is 97.5 Å². The van der Waals surface area contributed by atoms with E-state index >= 15 is 0 Å². The maximum atomic E-state index is 12.6. The fourth-order valence-corrected chi connectivity index (χ4v) is 8.33. The van der Waals surface area contributed by atoms with Gasteiger partial charge in [0.2, 0.25) is 10.0 Å². The zero-order valence-corrected chi connectivity index (χ0v) is 25.9. The molecule has 1 aliphatic heterocycles. The van der Waals surface area contributed by atoms with Crippen molar-refractivity contribution in [3.63, 3.8) is 0 Å². The second-order valence-electron chi connectivity index (χ2n) is 10.5. The summed E-state index contributed by atoms with van der Waals surface area (Å²) >= 11 is 3.38. The van der Waals surface area contributed by atoms with Crippen molar-refractivity contribution in [3.8, 4) is 0 Å². The van der Waals surface area contributed by atoms with Crippen molar-refractivity contribution >= 4 is 43.3 Å². The first-order chi connectivity index (χ1) is 20.9. The van der Waals surface area contributed by atoms with Crippen LogP contribution in [0.5, 0.6) is 0 Å². The van der Waals surface area contributed by atoms with Crippen molar-refractivity contribution in [2.75, 3.05) is 5.75 Å². The van der Waals surface area contributed by atoms with E-state index in [0.717, 1.165) is 36.8 Å². The van der Waals surface area contributed by atoms with Crippen LogP contribution in [0.4, 0.5) is 0 Å². The Bertz CT molecular complexity index is 1730. The molecule has 2 N–H and O–H groups in total. The van der Waals surface area contributed by atoms with Crippen LogP contribution >= 0.6 is 23.1 Å². The van der Waals surface area contributed by atoms with Crippen molar-refractivity contribution in [1.29, 1.82) is 0 Å². The number of ether oxygens (including phenoxy) is 2. The number of thioether (sulfide) groups is 1. The molecule has 1 aromatic heterocycles. The quantitative estimate of drug-likeness (QED) is 0.163. The van der Waals surface area contributed by atoms with Gasteiger partial charge in [0.05, 0.1) is 33.9 Å². The van der Waals surface area contributed by atoms with Gasteiger partial charge in [-0.05, 0) is 41.0 Å². The number of fused-ring (bicyclic) bond motifs is 1. The molecule has 2 heterocycles. The van der Waals surface area contributed by atoms with Crippen LogP contribution in [0.2, 0.25) is 0 Å². The number of nitrogens with one attached hydrogen (secondary N) is 1. The standard InChI is InChI=1S/C33H32N2O5S3/c1-22-29(21-41-33-35-28-9-5-6-10-30(28)42-33)39-32(40-31(22)25-15-13-24(20-36)14-16-25)26-17-11-23(12-18-26)19-34-43(37,38)27-7-3-2-4-8-27/h2-18,22,29,31-32,34,36H,19-21H2,1H3/t22-,29+,31+,32+/m1/s1. The lowest BCUT2D eigenvalue weighted by molar-refractivity contribution is -0.268. The maximum absolute atomic E-state index is 12.6. The van der Waals surface area contributed by atoms with Gasteiger partial charge in [-0.15, -0.1) is 11.3 Å². The molecule has 1 saturated heterocycles. The summed E-state index contributed by atoms with van der Waals surface area (Å²) in [6, 6.07) is 32.0. The highest BCUT2D eigenvalue weighted by Gasteiger charge is 2.38. The van der Waals surface area contributed by atoms with Crippen molar-refractivity contribution in [1.82, 2.24) is 9.71 Å². The Labute approximate surface area is 260 Å². The molecular formula is C33H32N2O5S3. The normalized spacial score (nSPS) is 20.8. The highest BCUT2D eigenvalue weighted by atomic mass is 32.2. The third-order valence-corrected chi connectivity index (χ3v) is 11.2. The Morgan fingerprint density at radius 2 is 1.53 bits per heavy atom. The van der Waals surface area contributed by atoms with Gasteiger partial charge in [0.25, 0.3) is 0 Å². The Morgan fingerprint density at radius 3 is 2.26 bits per heavy atom. The largest absolute Gasteiger partial charge is 0.392 e. The summed E-state index contributed by atoms with van der Waals surface area (Å²) in [5, 5.41) is 9.52. The summed E-state index contributed by atoms with van der Waals surface area (Å²) in [6.45, 7) is 2.30. The van der Waals surface area contributed by atoms with Gasteiger partial charge in [0.1, 0.15) is 0 Å². The van der Waals surface area contributed by atoms with Crippen LogP contribution in [0.15, 0.2) is 112 Å². The van der Waals surface area contributed by atoms with Crippen LogP contribution < -0.4 is 4.72 Å². The first-order valence-corrected chi connectivity index (χ1v) is 17.3. The SMILES string of the molecule is C[C@@H]1[C@H](CSc2nc3ccccc3s2)O[C@H](c2ccc(CNS(=O)(=O)c3ccccc3)cc2)O[C@@H]1c1ccc(CO)cc1. The third kappa shape index (κ3) is 7.02. The number of nitrogens with zero attached hydrogens (tertiary/aromatic N) is 1. The van der Waals surface area contributed by atoms with E-state index in [-0.39, 0.29) is 36.2 Å². The zero-order valence-electron chi connectivity index (χ0n) is 23.5. The minimum Gasteiger partial charge on any atom is -0.392 e. The molecule has 4 aromatic carbocycles. The second-order valence-corrected chi connectivity index (χ2v) is 14.5. The minimum absolute atomic E-state index is 0.0115. The van der Waals surface area contributed by atoms with Crippen molar-refractivity contribution in [2.24, 2.45) is 5.92 Å². The van der Waals surface area contributed by atoms with Crippen molar-refractivity contribution in [2.45, 2.75) is 47.8 Å². The Hall–Kier alpha value is -3.09. The molecular weight excluding hydrogens is 601 g/mol. The molecule has 0 bridgehead atoms. The Balaban J connectivity index is 1.19. The number of para-hydroxylation sites is 1. The molecule has 4 atom stereocenters. The number of sulfonamides is 1. The van der Waals surface area contributed by atoms with Gasteiger partial charge in [-0.3, -0.25) is 0 Å². The van der Waals surface area contributed by atoms with Crippen LogP contribution in [0.1, 0.15) is 41.6 Å². The van der Waals surface area contributed by atoms with Crippen LogP contribution in [-0.2, 0) is 32.6 Å². The lowest BCUT2D eigenvalue weighted by atomic mass is 9.91. The molecule has 222 valence electrons. The van der Waals surface area contributed by atoms with E-state index < -0.39 is 16.3 Å². The zero-order chi connectivity index (χ0) is 29.8. The molecule has 0 saturated carbocycles. The Kier molecular flexibility index (Phi) is 9.25. The topological polar surface area (TPSA) is 97.8 Å². The van der Waals surface area contributed by atoms with E-state index in [2.05, 4.69) is 17.7 Å². The molecule has 0 amide bonds. The van der Waals surface area contributed by atoms with E-state index in [1.54, 1.807) is 53.4 Å². The molecule has 7 nitrogen and oxygen atoms in total. The number of aliphatic hydroxyl groups is 1. The molecule has 5 aromatic rings. The number of benzene rings is 4. The monoisotopic (exact) mass is 632 g/mol. The summed E-state index contributed by atoms with van der Waals surface area (Å²) in [5.41, 5.74) is 4.56. The molecule has 0 aliphatic carbocycles. The first kappa shape index (κ1) is 30.0. The van der Waals surface area contributed by atoms with E-state index in [4.69, 9.17) is 14.5 Å². The van der Waals surface area contributed by atoms with E-state index in [1.807, 2.05) is 66.7 Å².